The Morgan fingerprint density at radius 3 is 1.91 bits per heavy atom. The van der Waals surface area contributed by atoms with Gasteiger partial charge < -0.3 is 16.2 Å². The number of ether oxygens (including phenoxy) is 1. The minimum Gasteiger partial charge on any atom is -0.457 e. The number of para-hydroxylation sites is 1. The lowest BCUT2D eigenvalue weighted by atomic mass is 9.90. The van der Waals surface area contributed by atoms with Crippen LogP contribution >= 0.6 is 12.2 Å². The molecule has 2 aromatic rings. The standard InChI is InChI=1S/C18H22O.CH4N2S/c1-13(2)16-11-8-12-17(18(16)14(3)4)19-15-9-6-5-7-10-15;2-1(3)4/h5-14H,1-4H3;(H4,2,3,4). The zero-order chi connectivity index (χ0) is 17.4. The van der Waals surface area contributed by atoms with Gasteiger partial charge in [-0.25, -0.2) is 0 Å². The van der Waals surface area contributed by atoms with Crippen molar-refractivity contribution in [3.05, 3.63) is 59.7 Å². The molecule has 124 valence electrons. The molecule has 0 heterocycles. The van der Waals surface area contributed by atoms with E-state index in [-0.39, 0.29) is 5.11 Å². The van der Waals surface area contributed by atoms with E-state index >= 15 is 0 Å². The van der Waals surface area contributed by atoms with Crippen molar-refractivity contribution in [3.63, 3.8) is 0 Å². The van der Waals surface area contributed by atoms with Crippen LogP contribution in [0.5, 0.6) is 11.5 Å². The summed E-state index contributed by atoms with van der Waals surface area (Å²) in [6.45, 7) is 8.90. The van der Waals surface area contributed by atoms with Crippen molar-refractivity contribution < 1.29 is 4.74 Å². The average molecular weight is 330 g/mol. The first-order valence-electron chi connectivity index (χ1n) is 7.73. The molecule has 4 N–H and O–H groups in total. The van der Waals surface area contributed by atoms with Gasteiger partial charge in [0.25, 0.3) is 0 Å². The van der Waals surface area contributed by atoms with Gasteiger partial charge in [-0.3, -0.25) is 0 Å². The van der Waals surface area contributed by atoms with E-state index < -0.39 is 0 Å². The highest BCUT2D eigenvalue weighted by molar-refractivity contribution is 7.80. The van der Waals surface area contributed by atoms with E-state index in [1.807, 2.05) is 30.3 Å². The van der Waals surface area contributed by atoms with E-state index in [0.29, 0.717) is 11.8 Å². The highest BCUT2D eigenvalue weighted by Crippen LogP contribution is 2.36. The van der Waals surface area contributed by atoms with Crippen LogP contribution < -0.4 is 16.2 Å². The predicted molar refractivity (Wildman–Crippen MR) is 102 cm³/mol. The Kier molecular flexibility index (Phi) is 7.55. The fraction of sp³-hybridized carbons (Fsp3) is 0.316. The lowest BCUT2D eigenvalue weighted by Gasteiger charge is -2.20. The molecule has 0 aliphatic rings. The van der Waals surface area contributed by atoms with E-state index in [0.717, 1.165) is 11.5 Å². The van der Waals surface area contributed by atoms with Gasteiger partial charge in [0, 0.05) is 5.56 Å². The predicted octanol–water partition coefficient (Wildman–Crippen LogP) is 4.91. The third-order valence-corrected chi connectivity index (χ3v) is 3.27. The molecule has 0 bridgehead atoms. The minimum absolute atomic E-state index is 0.000000000000000222. The molecule has 0 amide bonds. The molecule has 0 aliphatic carbocycles. The van der Waals surface area contributed by atoms with Crippen molar-refractivity contribution in [2.75, 3.05) is 0 Å². The van der Waals surface area contributed by atoms with Crippen LogP contribution in [-0.2, 0) is 0 Å². The van der Waals surface area contributed by atoms with Gasteiger partial charge in [-0.05, 0) is 47.8 Å². The van der Waals surface area contributed by atoms with Gasteiger partial charge in [0.2, 0.25) is 0 Å². The van der Waals surface area contributed by atoms with Gasteiger partial charge in [-0.15, -0.1) is 0 Å². The normalized spacial score (nSPS) is 10.2. The van der Waals surface area contributed by atoms with Crippen molar-refractivity contribution in [2.45, 2.75) is 39.5 Å². The van der Waals surface area contributed by atoms with Crippen molar-refractivity contribution in [3.8, 4) is 11.5 Å². The molecular weight excluding hydrogens is 304 g/mol. The van der Waals surface area contributed by atoms with Crippen LogP contribution in [0.1, 0.15) is 50.7 Å². The van der Waals surface area contributed by atoms with E-state index in [1.165, 1.54) is 11.1 Å². The van der Waals surface area contributed by atoms with E-state index in [1.54, 1.807) is 0 Å². The second kappa shape index (κ2) is 9.16. The maximum atomic E-state index is 6.06. The Hall–Kier alpha value is -2.07. The Morgan fingerprint density at radius 2 is 1.43 bits per heavy atom. The molecule has 0 saturated heterocycles. The number of rotatable bonds is 4. The molecule has 0 radical (unpaired) electrons. The van der Waals surface area contributed by atoms with Crippen LogP contribution in [0.4, 0.5) is 0 Å². The van der Waals surface area contributed by atoms with Crippen LogP contribution in [-0.4, -0.2) is 5.11 Å². The lowest BCUT2D eigenvalue weighted by molar-refractivity contribution is 0.471. The summed E-state index contributed by atoms with van der Waals surface area (Å²) in [5, 5.41) is 0.000000000000000222. The smallest absolute Gasteiger partial charge is 0.160 e. The number of benzene rings is 2. The summed E-state index contributed by atoms with van der Waals surface area (Å²) in [5.74, 6) is 2.84. The SMILES string of the molecule is CC(C)c1cccc(Oc2ccccc2)c1C(C)C.NC(N)=S. The second-order valence-corrected chi connectivity index (χ2v) is 6.36. The molecule has 0 fully saturated rings. The number of thiocarbonyl (C=S) groups is 1. The molecule has 0 spiro atoms. The molecule has 0 unspecified atom stereocenters. The Balaban J connectivity index is 0.000000593. The minimum atomic E-state index is 0.000000000000000222. The van der Waals surface area contributed by atoms with Gasteiger partial charge in [0.15, 0.2) is 5.11 Å². The van der Waals surface area contributed by atoms with Gasteiger partial charge >= 0.3 is 0 Å². The fourth-order valence-corrected chi connectivity index (χ4v) is 2.39. The van der Waals surface area contributed by atoms with Gasteiger partial charge in [-0.2, -0.15) is 0 Å². The van der Waals surface area contributed by atoms with E-state index in [4.69, 9.17) is 4.74 Å². The van der Waals surface area contributed by atoms with Crippen LogP contribution in [0.3, 0.4) is 0 Å². The number of hydrogen-bond donors (Lipinski definition) is 2. The summed E-state index contributed by atoms with van der Waals surface area (Å²) in [5.41, 5.74) is 11.9. The monoisotopic (exact) mass is 330 g/mol. The molecule has 0 atom stereocenters. The van der Waals surface area contributed by atoms with Crippen LogP contribution in [0, 0.1) is 0 Å². The number of nitrogens with two attached hydrogens (primary N) is 2. The van der Waals surface area contributed by atoms with Crippen molar-refractivity contribution in [2.24, 2.45) is 11.5 Å². The third kappa shape index (κ3) is 6.28. The summed E-state index contributed by atoms with van der Waals surface area (Å²) in [6, 6.07) is 16.3. The zero-order valence-corrected chi connectivity index (χ0v) is 15.1. The first-order chi connectivity index (χ1) is 10.8. The fourth-order valence-electron chi connectivity index (χ4n) is 2.39. The lowest BCUT2D eigenvalue weighted by Crippen LogP contribution is -2.18. The van der Waals surface area contributed by atoms with Gasteiger partial charge in [-0.1, -0.05) is 58.0 Å². The molecule has 3 nitrogen and oxygen atoms in total. The Bertz CT molecular complexity index is 621. The van der Waals surface area contributed by atoms with Gasteiger partial charge in [0.1, 0.15) is 11.5 Å². The summed E-state index contributed by atoms with van der Waals surface area (Å²) < 4.78 is 6.06. The zero-order valence-electron chi connectivity index (χ0n) is 14.2. The van der Waals surface area contributed by atoms with E-state index in [9.17, 15) is 0 Å². The third-order valence-electron chi connectivity index (χ3n) is 3.27. The summed E-state index contributed by atoms with van der Waals surface area (Å²) in [7, 11) is 0. The molecule has 0 aromatic heterocycles. The Labute approximate surface area is 144 Å². The highest BCUT2D eigenvalue weighted by Gasteiger charge is 2.15. The largest absolute Gasteiger partial charge is 0.457 e. The molecular formula is C19H26N2OS. The molecule has 2 aromatic carbocycles. The molecule has 0 aliphatic heterocycles. The number of hydrogen-bond acceptors (Lipinski definition) is 2. The van der Waals surface area contributed by atoms with E-state index in [2.05, 4.69) is 69.6 Å². The van der Waals surface area contributed by atoms with Crippen LogP contribution in [0.15, 0.2) is 48.5 Å². The Morgan fingerprint density at radius 1 is 0.870 bits per heavy atom. The maximum Gasteiger partial charge on any atom is 0.160 e. The van der Waals surface area contributed by atoms with Crippen molar-refractivity contribution in [1.29, 1.82) is 0 Å². The molecule has 23 heavy (non-hydrogen) atoms. The van der Waals surface area contributed by atoms with Gasteiger partial charge in [0.05, 0.1) is 0 Å². The quantitative estimate of drug-likeness (QED) is 0.782. The molecule has 2 rings (SSSR count). The summed E-state index contributed by atoms with van der Waals surface area (Å²) in [6.07, 6.45) is 0. The summed E-state index contributed by atoms with van der Waals surface area (Å²) in [4.78, 5) is 0. The molecule has 4 heteroatoms. The van der Waals surface area contributed by atoms with Crippen molar-refractivity contribution in [1.82, 2.24) is 0 Å². The first kappa shape index (κ1) is 19.0. The van der Waals surface area contributed by atoms with Crippen molar-refractivity contribution >= 4 is 17.3 Å². The second-order valence-electron chi connectivity index (χ2n) is 5.89. The van der Waals surface area contributed by atoms with Crippen LogP contribution in [0.2, 0.25) is 0 Å². The topological polar surface area (TPSA) is 61.3 Å². The highest BCUT2D eigenvalue weighted by atomic mass is 32.1. The first-order valence-corrected chi connectivity index (χ1v) is 8.14. The van der Waals surface area contributed by atoms with Crippen LogP contribution in [0.25, 0.3) is 0 Å². The maximum absolute atomic E-state index is 6.06. The molecule has 0 saturated carbocycles. The average Bonchev–Trinajstić information content (AvgIpc) is 2.47. The summed E-state index contributed by atoms with van der Waals surface area (Å²) >= 11 is 4.09.